The zero-order valence-corrected chi connectivity index (χ0v) is 9.71. The van der Waals surface area contributed by atoms with Crippen molar-refractivity contribution in [2.24, 2.45) is 5.92 Å². The molecule has 1 amide bonds. The minimum atomic E-state index is -1.02. The predicted molar refractivity (Wildman–Crippen MR) is 62.0 cm³/mol. The molecule has 1 aliphatic heterocycles. The van der Waals surface area contributed by atoms with Crippen molar-refractivity contribution in [1.82, 2.24) is 5.32 Å². The molecule has 4 nitrogen and oxygen atoms in total. The Hall–Kier alpha value is -1.69. The van der Waals surface area contributed by atoms with Gasteiger partial charge in [0.2, 0.25) is 0 Å². The molecule has 0 bridgehead atoms. The second kappa shape index (κ2) is 5.30. The standard InChI is InChI=1S/C12H14F2N2O2/c13-8-1-2-9(15)11(14)10(8)12(17)16-5-7-3-4-18-6-7/h1-2,7H,3-6,15H2,(H,16,17). The van der Waals surface area contributed by atoms with Gasteiger partial charge in [0.25, 0.3) is 5.91 Å². The number of nitrogens with one attached hydrogen (secondary N) is 1. The Morgan fingerprint density at radius 1 is 1.50 bits per heavy atom. The van der Waals surface area contributed by atoms with Crippen molar-refractivity contribution in [2.45, 2.75) is 6.42 Å². The van der Waals surface area contributed by atoms with Crippen molar-refractivity contribution >= 4 is 11.6 Å². The Labute approximate surface area is 103 Å². The van der Waals surface area contributed by atoms with Crippen molar-refractivity contribution in [3.63, 3.8) is 0 Å². The average molecular weight is 256 g/mol. The molecule has 0 aliphatic carbocycles. The van der Waals surface area contributed by atoms with Crippen molar-refractivity contribution < 1.29 is 18.3 Å². The third-order valence-corrected chi connectivity index (χ3v) is 2.92. The molecule has 1 aromatic carbocycles. The molecule has 1 atom stereocenters. The topological polar surface area (TPSA) is 64.4 Å². The van der Waals surface area contributed by atoms with E-state index in [2.05, 4.69) is 5.32 Å². The maximum atomic E-state index is 13.6. The normalized spacial score (nSPS) is 18.9. The van der Waals surface area contributed by atoms with Gasteiger partial charge < -0.3 is 15.8 Å². The molecule has 1 saturated heterocycles. The summed E-state index contributed by atoms with van der Waals surface area (Å²) in [4.78, 5) is 11.7. The molecule has 1 heterocycles. The zero-order chi connectivity index (χ0) is 13.1. The maximum absolute atomic E-state index is 13.6. The van der Waals surface area contributed by atoms with E-state index in [1.807, 2.05) is 0 Å². The molecule has 1 fully saturated rings. The van der Waals surface area contributed by atoms with E-state index in [9.17, 15) is 13.6 Å². The molecule has 0 radical (unpaired) electrons. The Balaban J connectivity index is 2.06. The van der Waals surface area contributed by atoms with E-state index >= 15 is 0 Å². The molecular formula is C12H14F2N2O2. The van der Waals surface area contributed by atoms with Gasteiger partial charge in [0.05, 0.1) is 12.3 Å². The Morgan fingerprint density at radius 3 is 2.94 bits per heavy atom. The summed E-state index contributed by atoms with van der Waals surface area (Å²) < 4.78 is 32.1. The van der Waals surface area contributed by atoms with Crippen LogP contribution in [0.15, 0.2) is 12.1 Å². The third-order valence-electron chi connectivity index (χ3n) is 2.92. The lowest BCUT2D eigenvalue weighted by Crippen LogP contribution is -2.31. The number of anilines is 1. The highest BCUT2D eigenvalue weighted by Crippen LogP contribution is 2.19. The summed E-state index contributed by atoms with van der Waals surface area (Å²) in [5, 5.41) is 2.50. The monoisotopic (exact) mass is 256 g/mol. The summed E-state index contributed by atoms with van der Waals surface area (Å²) in [5.74, 6) is -2.53. The number of rotatable bonds is 3. The highest BCUT2D eigenvalue weighted by Gasteiger charge is 2.21. The van der Waals surface area contributed by atoms with E-state index in [0.29, 0.717) is 19.8 Å². The first-order valence-electron chi connectivity index (χ1n) is 5.69. The first-order chi connectivity index (χ1) is 8.59. The summed E-state index contributed by atoms with van der Waals surface area (Å²) >= 11 is 0. The van der Waals surface area contributed by atoms with E-state index in [0.717, 1.165) is 18.6 Å². The van der Waals surface area contributed by atoms with Gasteiger partial charge in [-0.25, -0.2) is 8.78 Å². The third kappa shape index (κ3) is 2.59. The van der Waals surface area contributed by atoms with Crippen LogP contribution in [-0.4, -0.2) is 25.7 Å². The maximum Gasteiger partial charge on any atom is 0.257 e. The van der Waals surface area contributed by atoms with Gasteiger partial charge in [0, 0.05) is 19.1 Å². The molecule has 3 N–H and O–H groups in total. The fraction of sp³-hybridized carbons (Fsp3) is 0.417. The smallest absolute Gasteiger partial charge is 0.257 e. The molecule has 1 aliphatic rings. The molecule has 98 valence electrons. The fourth-order valence-corrected chi connectivity index (χ4v) is 1.85. The Morgan fingerprint density at radius 2 is 2.28 bits per heavy atom. The largest absolute Gasteiger partial charge is 0.396 e. The van der Waals surface area contributed by atoms with E-state index in [4.69, 9.17) is 10.5 Å². The number of hydrogen-bond donors (Lipinski definition) is 2. The Bertz CT molecular complexity index is 460. The lowest BCUT2D eigenvalue weighted by Gasteiger charge is -2.11. The van der Waals surface area contributed by atoms with E-state index < -0.39 is 23.1 Å². The molecule has 1 unspecified atom stereocenters. The highest BCUT2D eigenvalue weighted by molar-refractivity contribution is 5.95. The number of ether oxygens (including phenoxy) is 1. The summed E-state index contributed by atoms with van der Waals surface area (Å²) in [7, 11) is 0. The molecule has 0 saturated carbocycles. The van der Waals surface area contributed by atoms with Crippen LogP contribution < -0.4 is 11.1 Å². The van der Waals surface area contributed by atoms with Gasteiger partial charge in [-0.15, -0.1) is 0 Å². The number of nitrogens with two attached hydrogens (primary N) is 1. The van der Waals surface area contributed by atoms with E-state index in [-0.39, 0.29) is 11.6 Å². The van der Waals surface area contributed by atoms with Gasteiger partial charge in [0.15, 0.2) is 5.82 Å². The molecule has 0 spiro atoms. The summed E-state index contributed by atoms with van der Waals surface area (Å²) in [6.07, 6.45) is 0.835. The second-order valence-corrected chi connectivity index (χ2v) is 4.27. The van der Waals surface area contributed by atoms with Gasteiger partial charge in [-0.3, -0.25) is 4.79 Å². The summed E-state index contributed by atoms with van der Waals surface area (Å²) in [6, 6.07) is 2.07. The highest BCUT2D eigenvalue weighted by atomic mass is 19.1. The SMILES string of the molecule is Nc1ccc(F)c(C(=O)NCC2CCOC2)c1F. The molecule has 2 rings (SSSR count). The number of benzene rings is 1. The zero-order valence-electron chi connectivity index (χ0n) is 9.71. The van der Waals surface area contributed by atoms with Gasteiger partial charge >= 0.3 is 0 Å². The first-order valence-corrected chi connectivity index (χ1v) is 5.69. The number of amides is 1. The van der Waals surface area contributed by atoms with E-state index in [1.54, 1.807) is 0 Å². The van der Waals surface area contributed by atoms with Crippen molar-refractivity contribution in [3.8, 4) is 0 Å². The summed E-state index contributed by atoms with van der Waals surface area (Å²) in [5.41, 5.74) is 4.43. The second-order valence-electron chi connectivity index (χ2n) is 4.27. The van der Waals surface area contributed by atoms with Crippen molar-refractivity contribution in [1.29, 1.82) is 0 Å². The average Bonchev–Trinajstić information content (AvgIpc) is 2.85. The van der Waals surface area contributed by atoms with Crippen molar-refractivity contribution in [2.75, 3.05) is 25.5 Å². The number of halogens is 2. The number of carbonyl (C=O) groups excluding carboxylic acids is 1. The minimum Gasteiger partial charge on any atom is -0.396 e. The van der Waals surface area contributed by atoms with Crippen LogP contribution in [0.4, 0.5) is 14.5 Å². The van der Waals surface area contributed by atoms with Crippen LogP contribution in [0.2, 0.25) is 0 Å². The minimum absolute atomic E-state index is 0.195. The van der Waals surface area contributed by atoms with Crippen LogP contribution in [0.25, 0.3) is 0 Å². The van der Waals surface area contributed by atoms with Gasteiger partial charge in [-0.05, 0) is 18.6 Å². The van der Waals surface area contributed by atoms with Gasteiger partial charge in [-0.1, -0.05) is 0 Å². The first kappa shape index (κ1) is 12.8. The number of carbonyl (C=O) groups is 1. The van der Waals surface area contributed by atoms with Crippen LogP contribution in [-0.2, 0) is 4.74 Å². The lowest BCUT2D eigenvalue weighted by molar-refractivity contribution is 0.0936. The molecule has 1 aromatic rings. The van der Waals surface area contributed by atoms with Crippen LogP contribution >= 0.6 is 0 Å². The molecular weight excluding hydrogens is 242 g/mol. The molecule has 6 heteroatoms. The van der Waals surface area contributed by atoms with Crippen LogP contribution in [0.3, 0.4) is 0 Å². The number of nitrogen functional groups attached to an aromatic ring is 1. The predicted octanol–water partition coefficient (Wildman–Crippen LogP) is 1.31. The van der Waals surface area contributed by atoms with Gasteiger partial charge in [-0.2, -0.15) is 0 Å². The van der Waals surface area contributed by atoms with Crippen LogP contribution in [0.1, 0.15) is 16.8 Å². The quantitative estimate of drug-likeness (QED) is 0.801. The molecule has 18 heavy (non-hydrogen) atoms. The molecule has 0 aromatic heterocycles. The van der Waals surface area contributed by atoms with Crippen molar-refractivity contribution in [3.05, 3.63) is 29.3 Å². The van der Waals surface area contributed by atoms with Crippen LogP contribution in [0, 0.1) is 17.6 Å². The Kier molecular flexibility index (Phi) is 3.76. The lowest BCUT2D eigenvalue weighted by atomic mass is 10.1. The van der Waals surface area contributed by atoms with Crippen LogP contribution in [0.5, 0.6) is 0 Å². The number of hydrogen-bond acceptors (Lipinski definition) is 3. The summed E-state index contributed by atoms with van der Waals surface area (Å²) in [6.45, 7) is 1.55. The van der Waals surface area contributed by atoms with Gasteiger partial charge in [0.1, 0.15) is 11.4 Å². The fourth-order valence-electron chi connectivity index (χ4n) is 1.85. The van der Waals surface area contributed by atoms with E-state index in [1.165, 1.54) is 0 Å².